The zero-order valence-electron chi connectivity index (χ0n) is 9.62. The van der Waals surface area contributed by atoms with Gasteiger partial charge in [0.2, 0.25) is 0 Å². The summed E-state index contributed by atoms with van der Waals surface area (Å²) in [6, 6.07) is 3.82. The van der Waals surface area contributed by atoms with Gasteiger partial charge in [-0.1, -0.05) is 11.6 Å². The molecule has 1 aliphatic heterocycles. The van der Waals surface area contributed by atoms with Crippen molar-refractivity contribution in [1.82, 2.24) is 5.48 Å². The number of ether oxygens (including phenoxy) is 1. The second-order valence-electron chi connectivity index (χ2n) is 3.97. The minimum Gasteiger partial charge on any atom is -0.350 e. The minimum atomic E-state index is -0.687. The van der Waals surface area contributed by atoms with E-state index in [0.29, 0.717) is 13.0 Å². The van der Waals surface area contributed by atoms with Gasteiger partial charge in [0.15, 0.2) is 6.29 Å². The number of carbonyl (C=O) groups excluding carboxylic acids is 1. The van der Waals surface area contributed by atoms with E-state index in [2.05, 4.69) is 5.48 Å². The molecule has 0 aliphatic carbocycles. The van der Waals surface area contributed by atoms with Crippen molar-refractivity contribution in [1.29, 1.82) is 0 Å². The fraction of sp³-hybridized carbons (Fsp3) is 0.417. The van der Waals surface area contributed by atoms with Gasteiger partial charge < -0.3 is 4.74 Å². The SMILES string of the molecule is O=C(NO[C@@H]1CCCCO1)c1ccc(Cl)cc1F. The lowest BCUT2D eigenvalue weighted by Gasteiger charge is -2.22. The molecule has 1 aliphatic rings. The van der Waals surface area contributed by atoms with Crippen molar-refractivity contribution in [2.24, 2.45) is 0 Å². The summed E-state index contributed by atoms with van der Waals surface area (Å²) in [6.07, 6.45) is 2.22. The number of nitrogens with one attached hydrogen (secondary N) is 1. The Morgan fingerprint density at radius 1 is 1.50 bits per heavy atom. The molecular weight excluding hydrogens is 261 g/mol. The zero-order chi connectivity index (χ0) is 13.0. The van der Waals surface area contributed by atoms with Gasteiger partial charge in [0.05, 0.1) is 5.56 Å². The predicted molar refractivity (Wildman–Crippen MR) is 63.6 cm³/mol. The first-order valence-electron chi connectivity index (χ1n) is 5.69. The first kappa shape index (κ1) is 13.3. The van der Waals surface area contributed by atoms with Crippen molar-refractivity contribution < 1.29 is 18.8 Å². The molecule has 0 unspecified atom stereocenters. The Morgan fingerprint density at radius 3 is 3.00 bits per heavy atom. The molecule has 98 valence electrons. The lowest BCUT2D eigenvalue weighted by molar-refractivity contribution is -0.186. The van der Waals surface area contributed by atoms with E-state index >= 15 is 0 Å². The van der Waals surface area contributed by atoms with Crippen molar-refractivity contribution >= 4 is 17.5 Å². The number of amides is 1. The quantitative estimate of drug-likeness (QED) is 0.862. The van der Waals surface area contributed by atoms with E-state index in [0.717, 1.165) is 18.9 Å². The van der Waals surface area contributed by atoms with Crippen LogP contribution in [0.1, 0.15) is 29.6 Å². The van der Waals surface area contributed by atoms with Crippen molar-refractivity contribution in [2.45, 2.75) is 25.6 Å². The molecule has 1 aromatic carbocycles. The Bertz CT molecular complexity index is 435. The molecular formula is C12H13ClFNO3. The first-order chi connectivity index (χ1) is 8.66. The molecule has 1 saturated heterocycles. The van der Waals surface area contributed by atoms with Crippen LogP contribution in [-0.2, 0) is 9.57 Å². The van der Waals surface area contributed by atoms with Gasteiger partial charge in [0.1, 0.15) is 5.82 Å². The molecule has 0 saturated carbocycles. The summed E-state index contributed by atoms with van der Waals surface area (Å²) >= 11 is 5.60. The second kappa shape index (κ2) is 6.13. The fourth-order valence-electron chi connectivity index (χ4n) is 1.65. The highest BCUT2D eigenvalue weighted by Gasteiger charge is 2.17. The van der Waals surface area contributed by atoms with Crippen LogP contribution >= 0.6 is 11.6 Å². The molecule has 1 heterocycles. The standard InChI is InChI=1S/C12H13ClFNO3/c13-8-4-5-9(10(14)7-8)12(16)15-18-11-3-1-2-6-17-11/h4-5,7,11H,1-3,6H2,(H,15,16)/t11-/m1/s1. The van der Waals surface area contributed by atoms with Crippen molar-refractivity contribution in [2.75, 3.05) is 6.61 Å². The first-order valence-corrected chi connectivity index (χ1v) is 6.07. The third kappa shape index (κ3) is 3.41. The summed E-state index contributed by atoms with van der Waals surface area (Å²) in [6.45, 7) is 0.607. The number of hydroxylamine groups is 1. The summed E-state index contributed by atoms with van der Waals surface area (Å²) in [5, 5.41) is 0.237. The maximum Gasteiger partial charge on any atom is 0.277 e. The van der Waals surface area contributed by atoms with E-state index in [4.69, 9.17) is 21.2 Å². The summed E-state index contributed by atoms with van der Waals surface area (Å²) < 4.78 is 18.7. The van der Waals surface area contributed by atoms with Gasteiger partial charge in [0, 0.05) is 18.1 Å². The van der Waals surface area contributed by atoms with Crippen LogP contribution in [-0.4, -0.2) is 18.8 Å². The summed E-state index contributed by atoms with van der Waals surface area (Å²) in [5.41, 5.74) is 2.07. The van der Waals surface area contributed by atoms with Crippen molar-refractivity contribution in [3.63, 3.8) is 0 Å². The average Bonchev–Trinajstić information content (AvgIpc) is 2.37. The zero-order valence-corrected chi connectivity index (χ0v) is 10.4. The van der Waals surface area contributed by atoms with E-state index in [-0.39, 0.29) is 10.6 Å². The van der Waals surface area contributed by atoms with E-state index < -0.39 is 18.0 Å². The van der Waals surface area contributed by atoms with Gasteiger partial charge in [-0.25, -0.2) is 14.7 Å². The van der Waals surface area contributed by atoms with Crippen LogP contribution < -0.4 is 5.48 Å². The van der Waals surface area contributed by atoms with Crippen LogP contribution in [0.2, 0.25) is 5.02 Å². The van der Waals surface area contributed by atoms with Crippen LogP contribution in [0.4, 0.5) is 4.39 Å². The van der Waals surface area contributed by atoms with Gasteiger partial charge in [-0.2, -0.15) is 0 Å². The Labute approximate surface area is 109 Å². The molecule has 0 aromatic heterocycles. The Kier molecular flexibility index (Phi) is 4.52. The summed E-state index contributed by atoms with van der Waals surface area (Å²) in [5.74, 6) is -1.34. The lowest BCUT2D eigenvalue weighted by Crippen LogP contribution is -2.33. The monoisotopic (exact) mass is 273 g/mol. The molecule has 1 amide bonds. The molecule has 0 spiro atoms. The number of hydrogen-bond acceptors (Lipinski definition) is 3. The van der Waals surface area contributed by atoms with Gasteiger partial charge in [-0.3, -0.25) is 4.79 Å². The molecule has 6 heteroatoms. The number of hydrogen-bond donors (Lipinski definition) is 1. The highest BCUT2D eigenvalue weighted by atomic mass is 35.5. The fourth-order valence-corrected chi connectivity index (χ4v) is 1.81. The number of benzene rings is 1. The van der Waals surface area contributed by atoms with E-state index in [1.165, 1.54) is 12.1 Å². The molecule has 1 N–H and O–H groups in total. The Hall–Kier alpha value is -1.17. The third-order valence-electron chi connectivity index (χ3n) is 2.60. The maximum atomic E-state index is 13.4. The van der Waals surface area contributed by atoms with Crippen LogP contribution in [0, 0.1) is 5.82 Å². The largest absolute Gasteiger partial charge is 0.350 e. The van der Waals surface area contributed by atoms with Crippen LogP contribution in [0.15, 0.2) is 18.2 Å². The Morgan fingerprint density at radius 2 is 2.33 bits per heavy atom. The van der Waals surface area contributed by atoms with Crippen molar-refractivity contribution in [3.8, 4) is 0 Å². The molecule has 18 heavy (non-hydrogen) atoms. The molecule has 1 aromatic rings. The number of halogens is 2. The van der Waals surface area contributed by atoms with E-state index in [1.54, 1.807) is 0 Å². The molecule has 4 nitrogen and oxygen atoms in total. The van der Waals surface area contributed by atoms with Gasteiger partial charge >= 0.3 is 0 Å². The van der Waals surface area contributed by atoms with Crippen molar-refractivity contribution in [3.05, 3.63) is 34.6 Å². The summed E-state index contributed by atoms with van der Waals surface area (Å²) in [7, 11) is 0. The van der Waals surface area contributed by atoms with E-state index in [1.807, 2.05) is 0 Å². The van der Waals surface area contributed by atoms with Crippen LogP contribution in [0.25, 0.3) is 0 Å². The molecule has 2 rings (SSSR count). The summed E-state index contributed by atoms with van der Waals surface area (Å²) in [4.78, 5) is 16.7. The van der Waals surface area contributed by atoms with E-state index in [9.17, 15) is 9.18 Å². The lowest BCUT2D eigenvalue weighted by atomic mass is 10.2. The normalized spacial score (nSPS) is 19.6. The molecule has 0 radical (unpaired) electrons. The average molecular weight is 274 g/mol. The smallest absolute Gasteiger partial charge is 0.277 e. The molecule has 1 atom stereocenters. The highest BCUT2D eigenvalue weighted by molar-refractivity contribution is 6.30. The maximum absolute atomic E-state index is 13.4. The second-order valence-corrected chi connectivity index (χ2v) is 4.41. The van der Waals surface area contributed by atoms with Gasteiger partial charge in [-0.15, -0.1) is 0 Å². The Balaban J connectivity index is 1.90. The molecule has 0 bridgehead atoms. The topological polar surface area (TPSA) is 47.6 Å². The van der Waals surface area contributed by atoms with Crippen LogP contribution in [0.3, 0.4) is 0 Å². The number of carbonyl (C=O) groups is 1. The predicted octanol–water partition coefficient (Wildman–Crippen LogP) is 2.67. The van der Waals surface area contributed by atoms with Gasteiger partial charge in [-0.05, 0) is 31.0 Å². The van der Waals surface area contributed by atoms with Crippen LogP contribution in [0.5, 0.6) is 0 Å². The van der Waals surface area contributed by atoms with Gasteiger partial charge in [0.25, 0.3) is 5.91 Å². The minimum absolute atomic E-state index is 0.116. The number of rotatable bonds is 3. The third-order valence-corrected chi connectivity index (χ3v) is 2.83. The molecule has 1 fully saturated rings. The highest BCUT2D eigenvalue weighted by Crippen LogP contribution is 2.15.